The van der Waals surface area contributed by atoms with Crippen LogP contribution in [0.4, 0.5) is 10.1 Å². The second kappa shape index (κ2) is 11.1. The lowest BCUT2D eigenvalue weighted by molar-refractivity contribution is -0.138. The van der Waals surface area contributed by atoms with Gasteiger partial charge in [-0.1, -0.05) is 19.1 Å². The quantitative estimate of drug-likeness (QED) is 0.487. The summed E-state index contributed by atoms with van der Waals surface area (Å²) >= 11 is 0. The van der Waals surface area contributed by atoms with Crippen LogP contribution in [0.5, 0.6) is 17.2 Å². The number of rotatable bonds is 8. The van der Waals surface area contributed by atoms with Crippen molar-refractivity contribution in [1.82, 2.24) is 4.90 Å². The molecular weight excluding hydrogens is 463 g/mol. The highest BCUT2D eigenvalue weighted by atomic mass is 19.1. The second-order valence-corrected chi connectivity index (χ2v) is 8.50. The highest BCUT2D eigenvalue weighted by molar-refractivity contribution is 6.04. The van der Waals surface area contributed by atoms with Crippen molar-refractivity contribution in [2.24, 2.45) is 0 Å². The molecule has 0 fully saturated rings. The molecule has 1 atom stereocenters. The number of nitrogens with one attached hydrogen (secondary N) is 1. The van der Waals surface area contributed by atoms with E-state index in [4.69, 9.17) is 14.2 Å². The van der Waals surface area contributed by atoms with Crippen molar-refractivity contribution in [3.8, 4) is 17.2 Å². The number of hydrogen-bond acceptors (Lipinski definition) is 5. The second-order valence-electron chi connectivity index (χ2n) is 8.50. The van der Waals surface area contributed by atoms with E-state index in [0.717, 1.165) is 11.1 Å². The van der Waals surface area contributed by atoms with Crippen LogP contribution in [0.25, 0.3) is 0 Å². The summed E-state index contributed by atoms with van der Waals surface area (Å²) < 4.78 is 29.8. The number of amides is 2. The molecule has 0 saturated heterocycles. The Balaban J connectivity index is 1.53. The van der Waals surface area contributed by atoms with Crippen molar-refractivity contribution in [3.05, 3.63) is 83.2 Å². The smallest absolute Gasteiger partial charge is 0.263 e. The van der Waals surface area contributed by atoms with Crippen LogP contribution in [0.15, 0.2) is 60.7 Å². The van der Waals surface area contributed by atoms with Gasteiger partial charge in [-0.3, -0.25) is 9.59 Å². The molecule has 7 nitrogen and oxygen atoms in total. The van der Waals surface area contributed by atoms with Gasteiger partial charge in [0.15, 0.2) is 17.6 Å². The molecule has 1 N–H and O–H groups in total. The Hall–Kier alpha value is -4.07. The number of nitrogens with zero attached hydrogens (tertiary/aromatic N) is 1. The molecule has 0 saturated carbocycles. The van der Waals surface area contributed by atoms with Gasteiger partial charge in [-0.25, -0.2) is 4.39 Å². The zero-order valence-electron chi connectivity index (χ0n) is 20.5. The van der Waals surface area contributed by atoms with Crippen molar-refractivity contribution >= 4 is 17.5 Å². The first-order valence-corrected chi connectivity index (χ1v) is 11.8. The predicted molar refractivity (Wildman–Crippen MR) is 134 cm³/mol. The fourth-order valence-corrected chi connectivity index (χ4v) is 4.13. The molecular formula is C28H29FN2O5. The molecule has 0 aromatic heterocycles. The summed E-state index contributed by atoms with van der Waals surface area (Å²) in [6.45, 7) is 2.71. The molecule has 1 unspecified atom stereocenters. The van der Waals surface area contributed by atoms with Gasteiger partial charge in [0.2, 0.25) is 0 Å². The third-order valence-electron chi connectivity index (χ3n) is 6.14. The molecule has 0 spiro atoms. The van der Waals surface area contributed by atoms with E-state index in [1.807, 2.05) is 13.0 Å². The highest BCUT2D eigenvalue weighted by Gasteiger charge is 2.30. The lowest BCUT2D eigenvalue weighted by Crippen LogP contribution is -2.40. The number of anilines is 1. The standard InChI is InChI=1S/C28H29FN2O5/c1-4-23-28(33)31(14-13-18-5-8-21(29)9-6-18)17-20-15-22(10-12-24(20)36-23)30-27(32)19-7-11-25(34-2)26(16-19)35-3/h5-12,15-16,23H,4,13-14,17H2,1-3H3,(H,30,32). The monoisotopic (exact) mass is 492 g/mol. The zero-order chi connectivity index (χ0) is 25.7. The number of benzene rings is 3. The minimum atomic E-state index is -0.591. The Morgan fingerprint density at radius 2 is 1.81 bits per heavy atom. The molecule has 0 aliphatic carbocycles. The van der Waals surface area contributed by atoms with Gasteiger partial charge in [0, 0.05) is 29.9 Å². The third kappa shape index (κ3) is 5.59. The molecule has 4 rings (SSSR count). The van der Waals surface area contributed by atoms with Crippen molar-refractivity contribution < 1.29 is 28.2 Å². The summed E-state index contributed by atoms with van der Waals surface area (Å²) in [5, 5.41) is 2.90. The molecule has 3 aromatic carbocycles. The maximum absolute atomic E-state index is 13.2. The largest absolute Gasteiger partial charge is 0.493 e. The zero-order valence-corrected chi connectivity index (χ0v) is 20.5. The van der Waals surface area contributed by atoms with Gasteiger partial charge in [-0.15, -0.1) is 0 Å². The summed E-state index contributed by atoms with van der Waals surface area (Å²) in [6.07, 6.45) is 0.531. The first kappa shape index (κ1) is 25.0. The molecule has 8 heteroatoms. The van der Waals surface area contributed by atoms with E-state index in [-0.39, 0.29) is 17.6 Å². The van der Waals surface area contributed by atoms with Gasteiger partial charge in [-0.05, 0) is 66.9 Å². The van der Waals surface area contributed by atoms with Crippen molar-refractivity contribution in [2.45, 2.75) is 32.4 Å². The molecule has 1 aliphatic heterocycles. The van der Waals surface area contributed by atoms with Crippen molar-refractivity contribution in [2.75, 3.05) is 26.1 Å². The summed E-state index contributed by atoms with van der Waals surface area (Å²) in [5.74, 6) is 0.922. The van der Waals surface area contributed by atoms with Crippen LogP contribution in [-0.4, -0.2) is 43.6 Å². The third-order valence-corrected chi connectivity index (χ3v) is 6.14. The van der Waals surface area contributed by atoms with Crippen molar-refractivity contribution in [1.29, 1.82) is 0 Å². The first-order valence-electron chi connectivity index (χ1n) is 11.8. The summed E-state index contributed by atoms with van der Waals surface area (Å²) in [5.41, 5.74) is 2.74. The first-order chi connectivity index (χ1) is 17.4. The number of fused-ring (bicyclic) bond motifs is 1. The maximum atomic E-state index is 13.2. The molecule has 1 heterocycles. The topological polar surface area (TPSA) is 77.1 Å². The summed E-state index contributed by atoms with van der Waals surface area (Å²) in [7, 11) is 3.05. The average Bonchev–Trinajstić information content (AvgIpc) is 3.03. The van der Waals surface area contributed by atoms with Crippen LogP contribution in [0.3, 0.4) is 0 Å². The van der Waals surface area contributed by atoms with Gasteiger partial charge in [0.05, 0.1) is 14.2 Å². The van der Waals surface area contributed by atoms with Gasteiger partial charge in [0.25, 0.3) is 11.8 Å². The molecule has 0 radical (unpaired) electrons. The lowest BCUT2D eigenvalue weighted by Gasteiger charge is -2.23. The number of carbonyl (C=O) groups is 2. The number of ether oxygens (including phenoxy) is 3. The van der Waals surface area contributed by atoms with E-state index in [1.54, 1.807) is 47.4 Å². The van der Waals surface area contributed by atoms with E-state index in [9.17, 15) is 14.0 Å². The van der Waals surface area contributed by atoms with Gasteiger partial charge < -0.3 is 24.4 Å². The van der Waals surface area contributed by atoms with Crippen LogP contribution < -0.4 is 19.5 Å². The van der Waals surface area contributed by atoms with Gasteiger partial charge in [0.1, 0.15) is 11.6 Å². The fraction of sp³-hybridized carbons (Fsp3) is 0.286. The lowest BCUT2D eigenvalue weighted by atomic mass is 10.1. The highest BCUT2D eigenvalue weighted by Crippen LogP contribution is 2.31. The van der Waals surface area contributed by atoms with Crippen LogP contribution in [0.2, 0.25) is 0 Å². The minimum absolute atomic E-state index is 0.0910. The van der Waals surface area contributed by atoms with Crippen LogP contribution >= 0.6 is 0 Å². The molecule has 3 aromatic rings. The summed E-state index contributed by atoms with van der Waals surface area (Å²) in [4.78, 5) is 27.8. The Kier molecular flexibility index (Phi) is 7.73. The summed E-state index contributed by atoms with van der Waals surface area (Å²) in [6, 6.07) is 16.6. The predicted octanol–water partition coefficient (Wildman–Crippen LogP) is 4.84. The van der Waals surface area contributed by atoms with E-state index >= 15 is 0 Å². The number of carbonyl (C=O) groups excluding carboxylic acids is 2. The van der Waals surface area contributed by atoms with Crippen molar-refractivity contribution in [3.63, 3.8) is 0 Å². The van der Waals surface area contributed by atoms with Crippen LogP contribution in [-0.2, 0) is 17.8 Å². The maximum Gasteiger partial charge on any atom is 0.263 e. The molecule has 0 bridgehead atoms. The van der Waals surface area contributed by atoms with Gasteiger partial charge in [-0.2, -0.15) is 0 Å². The normalized spacial score (nSPS) is 14.9. The Morgan fingerprint density at radius 3 is 2.50 bits per heavy atom. The minimum Gasteiger partial charge on any atom is -0.493 e. The molecule has 36 heavy (non-hydrogen) atoms. The number of halogens is 1. The fourth-order valence-electron chi connectivity index (χ4n) is 4.13. The van der Waals surface area contributed by atoms with Crippen LogP contribution in [0.1, 0.15) is 34.8 Å². The number of hydrogen-bond donors (Lipinski definition) is 1. The SMILES string of the molecule is CCC1Oc2ccc(NC(=O)c3ccc(OC)c(OC)c3)cc2CN(CCc2ccc(F)cc2)C1=O. The Bertz CT molecular complexity index is 1250. The van der Waals surface area contributed by atoms with E-state index in [1.165, 1.54) is 26.4 Å². The van der Waals surface area contributed by atoms with E-state index < -0.39 is 6.10 Å². The number of methoxy groups -OCH3 is 2. The van der Waals surface area contributed by atoms with Gasteiger partial charge >= 0.3 is 0 Å². The molecule has 2 amide bonds. The molecule has 1 aliphatic rings. The van der Waals surface area contributed by atoms with E-state index in [0.29, 0.717) is 54.4 Å². The Labute approximate surface area is 209 Å². The van der Waals surface area contributed by atoms with Crippen LogP contribution in [0, 0.1) is 5.82 Å². The molecule has 188 valence electrons. The van der Waals surface area contributed by atoms with E-state index in [2.05, 4.69) is 5.32 Å². The Morgan fingerprint density at radius 1 is 1.06 bits per heavy atom. The average molecular weight is 493 g/mol.